The third kappa shape index (κ3) is 3.86. The molecule has 0 nitrogen and oxygen atoms in total. The van der Waals surface area contributed by atoms with Gasteiger partial charge in [-0.3, -0.25) is 0 Å². The van der Waals surface area contributed by atoms with E-state index in [1.165, 1.54) is 22.3 Å². The zero-order chi connectivity index (χ0) is 14.7. The molecule has 0 aliphatic rings. The van der Waals surface area contributed by atoms with E-state index in [0.29, 0.717) is 5.92 Å². The summed E-state index contributed by atoms with van der Waals surface area (Å²) < 4.78 is 0. The third-order valence-corrected chi connectivity index (χ3v) is 4.69. The van der Waals surface area contributed by atoms with E-state index in [0.717, 1.165) is 11.4 Å². The van der Waals surface area contributed by atoms with Crippen LogP contribution in [0, 0.1) is 12.8 Å². The topological polar surface area (TPSA) is 0 Å². The molecule has 0 aromatic heterocycles. The van der Waals surface area contributed by atoms with Crippen LogP contribution in [0.1, 0.15) is 40.9 Å². The standard InChI is InChI=1S/C18H20BrCl/c1-12(2)10-14-5-7-15(8-6-14)18(19)17-11-16(20)9-4-13(17)3/h4-9,11-12,18H,10H2,1-3H3. The van der Waals surface area contributed by atoms with Gasteiger partial charge in [-0.1, -0.05) is 71.7 Å². The molecular formula is C18H20BrCl. The van der Waals surface area contributed by atoms with Crippen LogP contribution in [0.4, 0.5) is 0 Å². The lowest BCUT2D eigenvalue weighted by atomic mass is 9.97. The van der Waals surface area contributed by atoms with Crippen LogP contribution in [0.5, 0.6) is 0 Å². The molecule has 0 heterocycles. The van der Waals surface area contributed by atoms with Gasteiger partial charge in [0.05, 0.1) is 4.83 Å². The Morgan fingerprint density at radius 1 is 1.05 bits per heavy atom. The Morgan fingerprint density at radius 3 is 2.30 bits per heavy atom. The molecule has 0 spiro atoms. The van der Waals surface area contributed by atoms with E-state index in [2.05, 4.69) is 67.0 Å². The highest BCUT2D eigenvalue weighted by Crippen LogP contribution is 2.34. The lowest BCUT2D eigenvalue weighted by Crippen LogP contribution is -1.98. The van der Waals surface area contributed by atoms with Crippen molar-refractivity contribution in [1.29, 1.82) is 0 Å². The molecule has 1 unspecified atom stereocenters. The first-order valence-corrected chi connectivity index (χ1v) is 8.25. The fourth-order valence-electron chi connectivity index (χ4n) is 2.36. The lowest BCUT2D eigenvalue weighted by Gasteiger charge is -2.15. The van der Waals surface area contributed by atoms with E-state index in [1.54, 1.807) is 0 Å². The zero-order valence-corrected chi connectivity index (χ0v) is 14.5. The van der Waals surface area contributed by atoms with Gasteiger partial charge in [0.2, 0.25) is 0 Å². The van der Waals surface area contributed by atoms with Crippen LogP contribution in [0.2, 0.25) is 5.02 Å². The first kappa shape index (κ1) is 15.6. The number of aryl methyl sites for hydroxylation is 1. The molecule has 0 aliphatic carbocycles. The largest absolute Gasteiger partial charge is 0.0843 e. The highest BCUT2D eigenvalue weighted by Gasteiger charge is 2.13. The van der Waals surface area contributed by atoms with Crippen molar-refractivity contribution >= 4 is 27.5 Å². The highest BCUT2D eigenvalue weighted by molar-refractivity contribution is 9.09. The van der Waals surface area contributed by atoms with Gasteiger partial charge in [0.25, 0.3) is 0 Å². The summed E-state index contributed by atoms with van der Waals surface area (Å²) in [5.74, 6) is 0.691. The normalized spacial score (nSPS) is 12.7. The van der Waals surface area contributed by atoms with Crippen LogP contribution in [0.3, 0.4) is 0 Å². The zero-order valence-electron chi connectivity index (χ0n) is 12.2. The quantitative estimate of drug-likeness (QED) is 0.564. The molecule has 0 bridgehead atoms. The van der Waals surface area contributed by atoms with Gasteiger partial charge in [0.1, 0.15) is 0 Å². The molecule has 106 valence electrons. The Labute approximate surface area is 135 Å². The number of hydrogen-bond acceptors (Lipinski definition) is 0. The van der Waals surface area contributed by atoms with Gasteiger partial charge in [-0.15, -0.1) is 0 Å². The number of rotatable bonds is 4. The maximum atomic E-state index is 6.11. The van der Waals surface area contributed by atoms with Gasteiger partial charge in [-0.05, 0) is 53.6 Å². The van der Waals surface area contributed by atoms with Crippen LogP contribution in [-0.2, 0) is 6.42 Å². The molecule has 2 aromatic carbocycles. The fraction of sp³-hybridized carbons (Fsp3) is 0.333. The van der Waals surface area contributed by atoms with Crippen molar-refractivity contribution in [2.75, 3.05) is 0 Å². The Hall–Kier alpha value is -0.790. The summed E-state index contributed by atoms with van der Waals surface area (Å²) in [4.78, 5) is 0.189. The molecule has 0 amide bonds. The summed E-state index contributed by atoms with van der Waals surface area (Å²) in [6.45, 7) is 6.61. The van der Waals surface area contributed by atoms with Gasteiger partial charge in [-0.2, -0.15) is 0 Å². The maximum absolute atomic E-state index is 6.11. The maximum Gasteiger partial charge on any atom is 0.0647 e. The van der Waals surface area contributed by atoms with Crippen molar-refractivity contribution in [3.8, 4) is 0 Å². The molecule has 0 radical (unpaired) electrons. The Kier molecular flexibility index (Phi) is 5.29. The van der Waals surface area contributed by atoms with E-state index in [1.807, 2.05) is 12.1 Å². The predicted octanol–water partition coefficient (Wildman–Crippen LogP) is 6.33. The van der Waals surface area contributed by atoms with E-state index in [4.69, 9.17) is 11.6 Å². The monoisotopic (exact) mass is 350 g/mol. The van der Waals surface area contributed by atoms with E-state index in [9.17, 15) is 0 Å². The first-order valence-electron chi connectivity index (χ1n) is 6.96. The van der Waals surface area contributed by atoms with Crippen molar-refractivity contribution in [2.45, 2.75) is 32.0 Å². The summed E-state index contributed by atoms with van der Waals surface area (Å²) in [6, 6.07) is 14.9. The van der Waals surface area contributed by atoms with Gasteiger partial charge in [0.15, 0.2) is 0 Å². The summed E-state index contributed by atoms with van der Waals surface area (Å²) in [5.41, 5.74) is 5.14. The van der Waals surface area contributed by atoms with Gasteiger partial charge in [0, 0.05) is 5.02 Å². The molecule has 2 aromatic rings. The van der Waals surface area contributed by atoms with Crippen LogP contribution >= 0.6 is 27.5 Å². The molecule has 0 saturated carbocycles. The molecule has 0 aliphatic heterocycles. The van der Waals surface area contributed by atoms with Crippen LogP contribution in [0.15, 0.2) is 42.5 Å². The minimum absolute atomic E-state index is 0.189. The number of halogens is 2. The molecule has 0 N–H and O–H groups in total. The second-order valence-corrected chi connectivity index (χ2v) is 7.06. The minimum atomic E-state index is 0.189. The highest BCUT2D eigenvalue weighted by atomic mass is 79.9. The molecule has 0 fully saturated rings. The van der Waals surface area contributed by atoms with Crippen LogP contribution in [-0.4, -0.2) is 0 Å². The third-order valence-electron chi connectivity index (χ3n) is 3.43. The SMILES string of the molecule is Cc1ccc(Cl)cc1C(Br)c1ccc(CC(C)C)cc1. The van der Waals surface area contributed by atoms with E-state index in [-0.39, 0.29) is 4.83 Å². The molecule has 1 atom stereocenters. The fourth-order valence-corrected chi connectivity index (χ4v) is 3.34. The van der Waals surface area contributed by atoms with Crippen molar-refractivity contribution in [3.63, 3.8) is 0 Å². The first-order chi connectivity index (χ1) is 9.47. The molecule has 20 heavy (non-hydrogen) atoms. The van der Waals surface area contributed by atoms with Crippen LogP contribution < -0.4 is 0 Å². The molecule has 0 saturated heterocycles. The summed E-state index contributed by atoms with van der Waals surface area (Å²) >= 11 is 9.91. The van der Waals surface area contributed by atoms with Crippen molar-refractivity contribution in [1.82, 2.24) is 0 Å². The summed E-state index contributed by atoms with van der Waals surface area (Å²) in [6.07, 6.45) is 1.13. The Balaban J connectivity index is 2.24. The van der Waals surface area contributed by atoms with Crippen molar-refractivity contribution in [2.24, 2.45) is 5.92 Å². The van der Waals surface area contributed by atoms with Crippen LogP contribution in [0.25, 0.3) is 0 Å². The number of hydrogen-bond donors (Lipinski definition) is 0. The predicted molar refractivity (Wildman–Crippen MR) is 91.9 cm³/mol. The summed E-state index contributed by atoms with van der Waals surface area (Å²) in [7, 11) is 0. The number of alkyl halides is 1. The second kappa shape index (κ2) is 6.78. The second-order valence-electron chi connectivity index (χ2n) is 5.70. The van der Waals surface area contributed by atoms with Crippen molar-refractivity contribution in [3.05, 3.63) is 69.7 Å². The lowest BCUT2D eigenvalue weighted by molar-refractivity contribution is 0.647. The average molecular weight is 352 g/mol. The van der Waals surface area contributed by atoms with E-state index < -0.39 is 0 Å². The Bertz CT molecular complexity index is 572. The van der Waals surface area contributed by atoms with Gasteiger partial charge >= 0.3 is 0 Å². The molecule has 2 heteroatoms. The summed E-state index contributed by atoms with van der Waals surface area (Å²) in [5, 5.41) is 0.784. The van der Waals surface area contributed by atoms with Gasteiger partial charge in [-0.25, -0.2) is 0 Å². The van der Waals surface area contributed by atoms with E-state index >= 15 is 0 Å². The smallest absolute Gasteiger partial charge is 0.0647 e. The molecular weight excluding hydrogens is 332 g/mol. The number of benzene rings is 2. The molecule has 2 rings (SSSR count). The van der Waals surface area contributed by atoms with Crippen molar-refractivity contribution < 1.29 is 0 Å². The average Bonchev–Trinajstić information content (AvgIpc) is 2.41. The minimum Gasteiger partial charge on any atom is -0.0843 e. The van der Waals surface area contributed by atoms with Gasteiger partial charge < -0.3 is 0 Å². The Morgan fingerprint density at radius 2 is 1.70 bits per heavy atom.